The monoisotopic (exact) mass is 239 g/mol. The van der Waals surface area contributed by atoms with E-state index in [1.165, 1.54) is 5.56 Å². The van der Waals surface area contributed by atoms with Crippen LogP contribution in [0.3, 0.4) is 0 Å². The first kappa shape index (κ1) is 11.9. The van der Waals surface area contributed by atoms with Crippen LogP contribution in [-0.2, 0) is 4.74 Å². The van der Waals surface area contributed by atoms with Crippen molar-refractivity contribution in [2.24, 2.45) is 5.92 Å². The SMILES string of the molecule is CN[C@H](c1ccc(Cl)cc1)C1CCOCC1. The molecule has 0 aliphatic carbocycles. The lowest BCUT2D eigenvalue weighted by atomic mass is 9.87. The summed E-state index contributed by atoms with van der Waals surface area (Å²) in [5, 5.41) is 4.21. The third-order valence-corrected chi connectivity index (χ3v) is 3.53. The first-order valence-corrected chi connectivity index (χ1v) is 6.19. The van der Waals surface area contributed by atoms with Crippen LogP contribution in [-0.4, -0.2) is 20.3 Å². The molecular formula is C13H18ClNO. The van der Waals surface area contributed by atoms with Gasteiger partial charge in [0.2, 0.25) is 0 Å². The average Bonchev–Trinajstić information content (AvgIpc) is 2.34. The molecule has 3 heteroatoms. The fourth-order valence-electron chi connectivity index (χ4n) is 2.39. The molecule has 0 bridgehead atoms. The van der Waals surface area contributed by atoms with Crippen molar-refractivity contribution in [2.45, 2.75) is 18.9 Å². The molecule has 2 rings (SSSR count). The second kappa shape index (κ2) is 5.67. The first-order valence-electron chi connectivity index (χ1n) is 5.81. The maximum atomic E-state index is 5.90. The van der Waals surface area contributed by atoms with Crippen molar-refractivity contribution in [3.8, 4) is 0 Å². The van der Waals surface area contributed by atoms with Crippen LogP contribution >= 0.6 is 11.6 Å². The number of nitrogens with one attached hydrogen (secondary N) is 1. The lowest BCUT2D eigenvalue weighted by molar-refractivity contribution is 0.0546. The fraction of sp³-hybridized carbons (Fsp3) is 0.538. The Labute approximate surface area is 102 Å². The molecule has 0 unspecified atom stereocenters. The maximum Gasteiger partial charge on any atom is 0.0469 e. The Bertz CT molecular complexity index is 319. The van der Waals surface area contributed by atoms with E-state index in [4.69, 9.17) is 16.3 Å². The van der Waals surface area contributed by atoms with E-state index < -0.39 is 0 Å². The Morgan fingerprint density at radius 2 is 1.88 bits per heavy atom. The highest BCUT2D eigenvalue weighted by atomic mass is 35.5. The van der Waals surface area contributed by atoms with E-state index in [0.717, 1.165) is 31.1 Å². The van der Waals surface area contributed by atoms with Crippen molar-refractivity contribution in [3.63, 3.8) is 0 Å². The van der Waals surface area contributed by atoms with Gasteiger partial charge >= 0.3 is 0 Å². The van der Waals surface area contributed by atoms with Crippen LogP contribution < -0.4 is 5.32 Å². The topological polar surface area (TPSA) is 21.3 Å². The Balaban J connectivity index is 2.11. The third kappa shape index (κ3) is 2.76. The summed E-state index contributed by atoms with van der Waals surface area (Å²) in [6.45, 7) is 1.77. The standard InChI is InChI=1S/C13H18ClNO/c1-15-13(11-6-8-16-9-7-11)10-2-4-12(14)5-3-10/h2-5,11,13,15H,6-9H2,1H3/t13-/m1/s1. The van der Waals surface area contributed by atoms with Crippen LogP contribution in [0, 0.1) is 5.92 Å². The van der Waals surface area contributed by atoms with Crippen molar-refractivity contribution in [1.82, 2.24) is 5.32 Å². The van der Waals surface area contributed by atoms with Crippen molar-refractivity contribution in [1.29, 1.82) is 0 Å². The molecular weight excluding hydrogens is 222 g/mol. The van der Waals surface area contributed by atoms with E-state index in [0.29, 0.717) is 12.0 Å². The smallest absolute Gasteiger partial charge is 0.0469 e. The van der Waals surface area contributed by atoms with Crippen LogP contribution in [0.25, 0.3) is 0 Å². The zero-order chi connectivity index (χ0) is 11.4. The normalized spacial score (nSPS) is 19.6. The van der Waals surface area contributed by atoms with Gasteiger partial charge in [0, 0.05) is 24.3 Å². The number of rotatable bonds is 3. The van der Waals surface area contributed by atoms with Gasteiger partial charge in [-0.3, -0.25) is 0 Å². The molecule has 1 aliphatic rings. The minimum atomic E-state index is 0.418. The fourth-order valence-corrected chi connectivity index (χ4v) is 2.52. The molecule has 0 radical (unpaired) electrons. The molecule has 1 aliphatic heterocycles. The van der Waals surface area contributed by atoms with Crippen molar-refractivity contribution in [2.75, 3.05) is 20.3 Å². The number of ether oxygens (including phenoxy) is 1. The van der Waals surface area contributed by atoms with Crippen molar-refractivity contribution in [3.05, 3.63) is 34.9 Å². The van der Waals surface area contributed by atoms with E-state index in [9.17, 15) is 0 Å². The molecule has 1 aromatic rings. The number of hydrogen-bond acceptors (Lipinski definition) is 2. The van der Waals surface area contributed by atoms with Gasteiger partial charge in [0.15, 0.2) is 0 Å². The zero-order valence-electron chi connectivity index (χ0n) is 9.58. The minimum Gasteiger partial charge on any atom is -0.381 e. The van der Waals surface area contributed by atoms with E-state index in [1.54, 1.807) is 0 Å². The zero-order valence-corrected chi connectivity index (χ0v) is 10.3. The highest BCUT2D eigenvalue weighted by Gasteiger charge is 2.23. The largest absolute Gasteiger partial charge is 0.381 e. The second-order valence-electron chi connectivity index (χ2n) is 4.27. The minimum absolute atomic E-state index is 0.418. The third-order valence-electron chi connectivity index (χ3n) is 3.28. The molecule has 16 heavy (non-hydrogen) atoms. The Kier molecular flexibility index (Phi) is 4.22. The predicted octanol–water partition coefficient (Wildman–Crippen LogP) is 3.03. The summed E-state index contributed by atoms with van der Waals surface area (Å²) in [7, 11) is 2.02. The first-order chi connectivity index (χ1) is 7.81. The van der Waals surface area contributed by atoms with Gasteiger partial charge in [-0.2, -0.15) is 0 Å². The summed E-state index contributed by atoms with van der Waals surface area (Å²) in [4.78, 5) is 0. The molecule has 1 N–H and O–H groups in total. The molecule has 1 fully saturated rings. The summed E-state index contributed by atoms with van der Waals surface area (Å²) in [6, 6.07) is 8.56. The molecule has 0 amide bonds. The van der Waals surface area contributed by atoms with Gasteiger partial charge in [-0.25, -0.2) is 0 Å². The Hall–Kier alpha value is -0.570. The Morgan fingerprint density at radius 3 is 2.44 bits per heavy atom. The molecule has 1 aromatic carbocycles. The van der Waals surface area contributed by atoms with E-state index in [1.807, 2.05) is 19.2 Å². The van der Waals surface area contributed by atoms with Gasteiger partial charge in [0.1, 0.15) is 0 Å². The summed E-state index contributed by atoms with van der Waals surface area (Å²) in [5.74, 6) is 0.667. The van der Waals surface area contributed by atoms with Crippen LogP contribution in [0.5, 0.6) is 0 Å². The molecule has 1 saturated heterocycles. The molecule has 1 heterocycles. The summed E-state index contributed by atoms with van der Waals surface area (Å²) < 4.78 is 5.40. The highest BCUT2D eigenvalue weighted by Crippen LogP contribution is 2.30. The van der Waals surface area contributed by atoms with Crippen LogP contribution in [0.1, 0.15) is 24.4 Å². The average molecular weight is 240 g/mol. The molecule has 2 nitrogen and oxygen atoms in total. The van der Waals surface area contributed by atoms with Gasteiger partial charge in [-0.1, -0.05) is 23.7 Å². The van der Waals surface area contributed by atoms with Gasteiger partial charge in [0.05, 0.1) is 0 Å². The van der Waals surface area contributed by atoms with E-state index in [2.05, 4.69) is 17.4 Å². The molecule has 0 spiro atoms. The molecule has 1 atom stereocenters. The van der Waals surface area contributed by atoms with Crippen molar-refractivity contribution >= 4 is 11.6 Å². The van der Waals surface area contributed by atoms with Crippen LogP contribution in [0.2, 0.25) is 5.02 Å². The van der Waals surface area contributed by atoms with Crippen LogP contribution in [0.4, 0.5) is 0 Å². The van der Waals surface area contributed by atoms with Crippen molar-refractivity contribution < 1.29 is 4.74 Å². The van der Waals surface area contributed by atoms with E-state index in [-0.39, 0.29) is 0 Å². The quantitative estimate of drug-likeness (QED) is 0.876. The molecule has 0 aromatic heterocycles. The lowest BCUT2D eigenvalue weighted by Crippen LogP contribution is -2.29. The second-order valence-corrected chi connectivity index (χ2v) is 4.70. The summed E-state index contributed by atoms with van der Waals surface area (Å²) >= 11 is 5.90. The van der Waals surface area contributed by atoms with E-state index >= 15 is 0 Å². The summed E-state index contributed by atoms with van der Waals surface area (Å²) in [5.41, 5.74) is 1.32. The van der Waals surface area contributed by atoms with Crippen LogP contribution in [0.15, 0.2) is 24.3 Å². The van der Waals surface area contributed by atoms with Gasteiger partial charge in [0.25, 0.3) is 0 Å². The number of benzene rings is 1. The number of halogens is 1. The van der Waals surface area contributed by atoms with Gasteiger partial charge in [-0.15, -0.1) is 0 Å². The Morgan fingerprint density at radius 1 is 1.25 bits per heavy atom. The number of hydrogen-bond donors (Lipinski definition) is 1. The predicted molar refractivity (Wildman–Crippen MR) is 66.8 cm³/mol. The highest BCUT2D eigenvalue weighted by molar-refractivity contribution is 6.30. The van der Waals surface area contributed by atoms with Gasteiger partial charge < -0.3 is 10.1 Å². The molecule has 0 saturated carbocycles. The van der Waals surface area contributed by atoms with Gasteiger partial charge in [-0.05, 0) is 43.5 Å². The summed E-state index contributed by atoms with van der Waals surface area (Å²) in [6.07, 6.45) is 2.27. The molecule has 88 valence electrons. The lowest BCUT2D eigenvalue weighted by Gasteiger charge is -2.30. The maximum absolute atomic E-state index is 5.90.